The van der Waals surface area contributed by atoms with Crippen LogP contribution in [0.5, 0.6) is 0 Å². The van der Waals surface area contributed by atoms with Crippen LogP contribution < -0.4 is 10.2 Å². The molecule has 1 N–H and O–H groups in total. The summed E-state index contributed by atoms with van der Waals surface area (Å²) >= 11 is 0. The Morgan fingerprint density at radius 3 is 2.35 bits per heavy atom. The molecule has 17 heavy (non-hydrogen) atoms. The number of nitrogens with zero attached hydrogens (tertiary/aromatic N) is 1. The molecule has 2 nitrogen and oxygen atoms in total. The molecule has 2 heterocycles. The molecule has 3 rings (SSSR count). The Morgan fingerprint density at radius 2 is 1.76 bits per heavy atom. The maximum atomic E-state index is 3.72. The van der Waals surface area contributed by atoms with Crippen molar-refractivity contribution in [3.63, 3.8) is 0 Å². The third-order valence-corrected chi connectivity index (χ3v) is 4.32. The Kier molecular flexibility index (Phi) is 3.06. The molecule has 2 unspecified atom stereocenters. The summed E-state index contributed by atoms with van der Waals surface area (Å²) < 4.78 is 0. The van der Waals surface area contributed by atoms with E-state index in [1.165, 1.54) is 31.4 Å². The molecule has 0 aromatic heterocycles. The van der Waals surface area contributed by atoms with Gasteiger partial charge in [-0.15, -0.1) is 0 Å². The highest BCUT2D eigenvalue weighted by atomic mass is 15.2. The zero-order valence-corrected chi connectivity index (χ0v) is 10.6. The lowest BCUT2D eigenvalue weighted by molar-refractivity contribution is 0.349. The summed E-state index contributed by atoms with van der Waals surface area (Å²) in [5.74, 6) is 0. The molecule has 0 amide bonds. The Balaban J connectivity index is 1.77. The summed E-state index contributed by atoms with van der Waals surface area (Å²) in [5.41, 5.74) is 1.39. The van der Waals surface area contributed by atoms with Gasteiger partial charge in [-0.05, 0) is 44.7 Å². The van der Waals surface area contributed by atoms with Crippen LogP contribution in [0.1, 0.15) is 32.6 Å². The standard InChI is InChI=1S/C15H22N2/c1-2-17(14-6-4-3-5-7-14)15-10-12-8-9-13(11-15)16-12/h3-7,12-13,15-16H,2,8-11H2,1H3. The van der Waals surface area contributed by atoms with Crippen LogP contribution in [-0.2, 0) is 0 Å². The summed E-state index contributed by atoms with van der Waals surface area (Å²) in [6.45, 7) is 3.39. The number of hydrogen-bond donors (Lipinski definition) is 1. The number of fused-ring (bicyclic) bond motifs is 2. The second-order valence-electron chi connectivity index (χ2n) is 5.38. The molecule has 2 saturated heterocycles. The molecule has 0 spiro atoms. The van der Waals surface area contributed by atoms with Gasteiger partial charge in [0.25, 0.3) is 0 Å². The van der Waals surface area contributed by atoms with Crippen molar-refractivity contribution in [2.75, 3.05) is 11.4 Å². The molecule has 0 aliphatic carbocycles. The highest BCUT2D eigenvalue weighted by Crippen LogP contribution is 2.31. The predicted octanol–water partition coefficient (Wildman–Crippen LogP) is 2.80. The minimum atomic E-state index is 0.737. The van der Waals surface area contributed by atoms with Crippen molar-refractivity contribution < 1.29 is 0 Å². The molecule has 2 heteroatoms. The first-order chi connectivity index (χ1) is 8.36. The van der Waals surface area contributed by atoms with Gasteiger partial charge in [-0.25, -0.2) is 0 Å². The molecule has 0 radical (unpaired) electrons. The van der Waals surface area contributed by atoms with Crippen molar-refractivity contribution >= 4 is 5.69 Å². The van der Waals surface area contributed by atoms with Crippen molar-refractivity contribution in [3.8, 4) is 0 Å². The normalized spacial score (nSPS) is 31.5. The summed E-state index contributed by atoms with van der Waals surface area (Å²) in [4.78, 5) is 2.59. The van der Waals surface area contributed by atoms with Crippen molar-refractivity contribution in [2.45, 2.75) is 50.7 Å². The SMILES string of the molecule is CCN(c1ccccc1)C1CC2CCC(C1)N2. The van der Waals surface area contributed by atoms with Gasteiger partial charge in [-0.2, -0.15) is 0 Å². The highest BCUT2D eigenvalue weighted by molar-refractivity contribution is 5.47. The largest absolute Gasteiger partial charge is 0.369 e. The quantitative estimate of drug-likeness (QED) is 0.859. The van der Waals surface area contributed by atoms with Gasteiger partial charge in [-0.3, -0.25) is 0 Å². The molecular formula is C15H22N2. The Bertz CT molecular complexity index is 350. The molecule has 1 aromatic carbocycles. The van der Waals surface area contributed by atoms with E-state index in [2.05, 4.69) is 47.5 Å². The van der Waals surface area contributed by atoms with Gasteiger partial charge in [0.15, 0.2) is 0 Å². The Hall–Kier alpha value is -1.02. The van der Waals surface area contributed by atoms with Crippen LogP contribution in [0.15, 0.2) is 30.3 Å². The summed E-state index contributed by atoms with van der Waals surface area (Å²) in [6.07, 6.45) is 5.40. The van der Waals surface area contributed by atoms with Gasteiger partial charge in [0.2, 0.25) is 0 Å². The lowest BCUT2D eigenvalue weighted by Crippen LogP contribution is -2.48. The molecule has 2 aliphatic heterocycles. The van der Waals surface area contributed by atoms with Gasteiger partial charge < -0.3 is 10.2 Å². The van der Waals surface area contributed by atoms with Crippen molar-refractivity contribution in [1.29, 1.82) is 0 Å². The molecular weight excluding hydrogens is 208 g/mol. The number of benzene rings is 1. The van der Waals surface area contributed by atoms with Crippen LogP contribution in [-0.4, -0.2) is 24.7 Å². The average molecular weight is 230 g/mol. The molecule has 2 aliphatic rings. The fourth-order valence-electron chi connectivity index (χ4n) is 3.55. The Morgan fingerprint density at radius 1 is 1.12 bits per heavy atom. The number of piperidine rings is 1. The molecule has 2 fully saturated rings. The van der Waals surface area contributed by atoms with Crippen LogP contribution in [0.3, 0.4) is 0 Å². The van der Waals surface area contributed by atoms with Crippen LogP contribution in [0.4, 0.5) is 5.69 Å². The number of hydrogen-bond acceptors (Lipinski definition) is 2. The number of nitrogens with one attached hydrogen (secondary N) is 1. The molecule has 92 valence electrons. The van der Waals surface area contributed by atoms with E-state index in [-0.39, 0.29) is 0 Å². The van der Waals surface area contributed by atoms with Crippen LogP contribution in [0.2, 0.25) is 0 Å². The van der Waals surface area contributed by atoms with E-state index in [0.29, 0.717) is 0 Å². The highest BCUT2D eigenvalue weighted by Gasteiger charge is 2.35. The van der Waals surface area contributed by atoms with E-state index in [9.17, 15) is 0 Å². The molecule has 2 bridgehead atoms. The van der Waals surface area contributed by atoms with Crippen LogP contribution >= 0.6 is 0 Å². The summed E-state index contributed by atoms with van der Waals surface area (Å²) in [5, 5.41) is 3.72. The van der Waals surface area contributed by atoms with E-state index in [1.54, 1.807) is 0 Å². The number of para-hydroxylation sites is 1. The smallest absolute Gasteiger partial charge is 0.0368 e. The van der Waals surface area contributed by atoms with Gasteiger partial charge in [0.05, 0.1) is 0 Å². The lowest BCUT2D eigenvalue weighted by Gasteiger charge is -2.38. The molecule has 0 saturated carbocycles. The monoisotopic (exact) mass is 230 g/mol. The van der Waals surface area contributed by atoms with Crippen molar-refractivity contribution in [1.82, 2.24) is 5.32 Å². The third-order valence-electron chi connectivity index (χ3n) is 4.32. The maximum absolute atomic E-state index is 3.72. The van der Waals surface area contributed by atoms with E-state index >= 15 is 0 Å². The second-order valence-corrected chi connectivity index (χ2v) is 5.38. The van der Waals surface area contributed by atoms with Crippen LogP contribution in [0, 0.1) is 0 Å². The van der Waals surface area contributed by atoms with Gasteiger partial charge in [0, 0.05) is 30.4 Å². The fraction of sp³-hybridized carbons (Fsp3) is 0.600. The van der Waals surface area contributed by atoms with E-state index in [0.717, 1.165) is 24.7 Å². The van der Waals surface area contributed by atoms with Crippen molar-refractivity contribution in [2.24, 2.45) is 0 Å². The minimum absolute atomic E-state index is 0.737. The lowest BCUT2D eigenvalue weighted by atomic mass is 9.97. The van der Waals surface area contributed by atoms with E-state index in [1.807, 2.05) is 0 Å². The first kappa shape index (κ1) is 11.1. The van der Waals surface area contributed by atoms with Gasteiger partial charge in [-0.1, -0.05) is 18.2 Å². The van der Waals surface area contributed by atoms with Gasteiger partial charge in [0.1, 0.15) is 0 Å². The van der Waals surface area contributed by atoms with E-state index in [4.69, 9.17) is 0 Å². The number of rotatable bonds is 3. The van der Waals surface area contributed by atoms with Crippen LogP contribution in [0.25, 0.3) is 0 Å². The maximum Gasteiger partial charge on any atom is 0.0368 e. The van der Waals surface area contributed by atoms with Gasteiger partial charge >= 0.3 is 0 Å². The second kappa shape index (κ2) is 4.69. The third kappa shape index (κ3) is 2.19. The minimum Gasteiger partial charge on any atom is -0.369 e. The predicted molar refractivity (Wildman–Crippen MR) is 72.4 cm³/mol. The first-order valence-electron chi connectivity index (χ1n) is 6.94. The zero-order valence-electron chi connectivity index (χ0n) is 10.6. The van der Waals surface area contributed by atoms with Crippen molar-refractivity contribution in [3.05, 3.63) is 30.3 Å². The topological polar surface area (TPSA) is 15.3 Å². The fourth-order valence-corrected chi connectivity index (χ4v) is 3.55. The average Bonchev–Trinajstić information content (AvgIpc) is 2.71. The zero-order chi connectivity index (χ0) is 11.7. The molecule has 1 aromatic rings. The molecule has 2 atom stereocenters. The summed E-state index contributed by atoms with van der Waals surface area (Å²) in [6, 6.07) is 13.2. The number of anilines is 1. The first-order valence-corrected chi connectivity index (χ1v) is 6.94. The summed E-state index contributed by atoms with van der Waals surface area (Å²) in [7, 11) is 0. The van der Waals surface area contributed by atoms with E-state index < -0.39 is 0 Å². The Labute approximate surface area is 104 Å².